The number of nitrogens with one attached hydrogen (secondary N) is 1. The highest BCUT2D eigenvalue weighted by Crippen LogP contribution is 2.18. The van der Waals surface area contributed by atoms with Gasteiger partial charge in [-0.3, -0.25) is 22.2 Å². The number of allylic oxidation sites excluding steroid dienone is 4. The largest absolute Gasteiger partial charge is 0.726 e. The summed E-state index contributed by atoms with van der Waals surface area (Å²) in [5.74, 6) is 1.51. The molecule has 0 bridgehead atoms. The Bertz CT molecular complexity index is 1230. The second-order valence-corrected chi connectivity index (χ2v) is 17.9. The minimum absolute atomic E-state index is 0. The summed E-state index contributed by atoms with van der Waals surface area (Å²) in [6.07, 6.45) is 46.0. The number of amides is 1. The van der Waals surface area contributed by atoms with Crippen LogP contribution in [0, 0.1) is 0 Å². The van der Waals surface area contributed by atoms with Crippen molar-refractivity contribution in [1.29, 1.82) is 0 Å². The lowest BCUT2D eigenvalue weighted by Crippen LogP contribution is -2.54. The highest BCUT2D eigenvalue weighted by Gasteiger charge is 2.34. The molecule has 0 aromatic carbocycles. The molecule has 1 aliphatic heterocycles. The first-order valence-corrected chi connectivity index (χ1v) is 25.5. The lowest BCUT2D eigenvalue weighted by Gasteiger charge is -2.34. The fraction of sp³-hybridized carbons (Fsp3) is 0.864. The third-order valence-electron chi connectivity index (χ3n) is 10.6. The van der Waals surface area contributed by atoms with Crippen LogP contribution in [0.5, 0.6) is 0 Å². The topological polar surface area (TPSA) is 206 Å². The second kappa shape index (κ2) is 42.9. The number of carbonyl (C=O) groups is 1. The van der Waals surface area contributed by atoms with E-state index in [1.165, 1.54) is 179 Å². The van der Waals surface area contributed by atoms with E-state index >= 15 is 0 Å². The molecule has 1 rings (SSSR count). The SMILES string of the molecule is CCCCCCCC/C=C\CCCCCCCC[N+]1(CCNC(=O)CCCCCCC/C=C\CCCCCCCC)CCN=C1C.COS(=O)(=O)O.COS(=O)(=O)[O-].N. The zero-order chi connectivity index (χ0) is 43.6. The van der Waals surface area contributed by atoms with Crippen molar-refractivity contribution in [2.45, 2.75) is 201 Å². The smallest absolute Gasteiger partial charge is 0.397 e. The molecule has 0 saturated carbocycles. The van der Waals surface area contributed by atoms with E-state index in [1.807, 2.05) is 0 Å². The van der Waals surface area contributed by atoms with E-state index in [2.05, 4.69) is 58.8 Å². The summed E-state index contributed by atoms with van der Waals surface area (Å²) in [6, 6.07) is 0. The average molecular weight is 883 g/mol. The summed E-state index contributed by atoms with van der Waals surface area (Å²) in [5.41, 5.74) is 0. The summed E-state index contributed by atoms with van der Waals surface area (Å²) < 4.78 is 61.7. The molecule has 0 fully saturated rings. The van der Waals surface area contributed by atoms with Crippen LogP contribution >= 0.6 is 0 Å². The molecule has 0 radical (unpaired) electrons. The van der Waals surface area contributed by atoms with Gasteiger partial charge < -0.3 is 16.0 Å². The summed E-state index contributed by atoms with van der Waals surface area (Å²) in [4.78, 5) is 17.3. The van der Waals surface area contributed by atoms with Gasteiger partial charge in [0.2, 0.25) is 16.3 Å². The Hall–Kier alpha value is -1.72. The highest BCUT2D eigenvalue weighted by molar-refractivity contribution is 7.81. The molecular weight excluding hydrogens is 793 g/mol. The van der Waals surface area contributed by atoms with Crippen LogP contribution in [-0.4, -0.2) is 89.1 Å². The van der Waals surface area contributed by atoms with E-state index in [1.54, 1.807) is 0 Å². The Labute approximate surface area is 363 Å². The first-order valence-electron chi connectivity index (χ1n) is 22.8. The van der Waals surface area contributed by atoms with E-state index in [-0.39, 0.29) is 12.1 Å². The molecule has 352 valence electrons. The number of amidine groups is 1. The van der Waals surface area contributed by atoms with Crippen LogP contribution in [0.2, 0.25) is 0 Å². The van der Waals surface area contributed by atoms with Crippen molar-refractivity contribution in [3.63, 3.8) is 0 Å². The minimum atomic E-state index is -4.41. The van der Waals surface area contributed by atoms with E-state index < -0.39 is 20.8 Å². The fourth-order valence-electron chi connectivity index (χ4n) is 6.89. The van der Waals surface area contributed by atoms with Gasteiger partial charge in [-0.2, -0.15) is 8.42 Å². The first kappa shape index (κ1) is 61.6. The minimum Gasteiger partial charge on any atom is -0.726 e. The second-order valence-electron chi connectivity index (χ2n) is 15.5. The lowest BCUT2D eigenvalue weighted by atomic mass is 10.1. The Balaban J connectivity index is -0.00000209. The molecule has 1 heterocycles. The van der Waals surface area contributed by atoms with Gasteiger partial charge >= 0.3 is 10.4 Å². The van der Waals surface area contributed by atoms with Crippen LogP contribution in [0.15, 0.2) is 29.3 Å². The van der Waals surface area contributed by atoms with E-state index in [0.717, 1.165) is 51.3 Å². The molecule has 5 N–H and O–H groups in total. The van der Waals surface area contributed by atoms with Crippen LogP contribution in [-0.2, 0) is 34.0 Å². The van der Waals surface area contributed by atoms with Gasteiger partial charge in [-0.25, -0.2) is 13.4 Å². The fourth-order valence-corrected chi connectivity index (χ4v) is 6.89. The number of hydrogen-bond acceptors (Lipinski definition) is 10. The summed E-state index contributed by atoms with van der Waals surface area (Å²) in [7, 11) is -6.90. The van der Waals surface area contributed by atoms with Crippen molar-refractivity contribution in [3.8, 4) is 0 Å². The third kappa shape index (κ3) is 45.6. The monoisotopic (exact) mass is 883 g/mol. The molecule has 1 unspecified atom stereocenters. The average Bonchev–Trinajstić information content (AvgIpc) is 3.55. The van der Waals surface area contributed by atoms with Crippen molar-refractivity contribution < 1.29 is 43.6 Å². The number of carbonyl (C=O) groups excluding carboxylic acids is 1. The third-order valence-corrected chi connectivity index (χ3v) is 11.4. The maximum Gasteiger partial charge on any atom is 0.397 e. The number of quaternary nitrogens is 1. The molecule has 13 nitrogen and oxygen atoms in total. The predicted octanol–water partition coefficient (Wildman–Crippen LogP) is 11.1. The quantitative estimate of drug-likeness (QED) is 0.0178. The summed E-state index contributed by atoms with van der Waals surface area (Å²) in [6.45, 7) is 11.8. The number of rotatable bonds is 36. The van der Waals surface area contributed by atoms with Crippen LogP contribution in [0.1, 0.15) is 201 Å². The number of unbranched alkanes of at least 4 members (excludes halogenated alkanes) is 23. The first-order chi connectivity index (χ1) is 27.8. The molecule has 59 heavy (non-hydrogen) atoms. The number of aliphatic imine (C=N–C) groups is 1. The standard InChI is InChI=1S/C42H79N3O.2CH4O4S.H3N/c1-4-6-8-10-12-14-16-18-20-22-24-26-28-30-32-34-38-45(39-36-43-41(45)3)40-37-44-42(46)35-33-31-29-27-25-23-21-19-17-15-13-11-9-7-5-2;2*1-5-6(2,3)4;/h18-21H,4-17,22-40H2,1-3H3;2*1H3,(H,2,3,4);1H3/b20-18-,21-19-;;;. The van der Waals surface area contributed by atoms with E-state index in [9.17, 15) is 26.2 Å². The van der Waals surface area contributed by atoms with Gasteiger partial charge in [0.1, 0.15) is 13.1 Å². The lowest BCUT2D eigenvalue weighted by molar-refractivity contribution is -0.834. The molecule has 0 saturated heterocycles. The predicted molar refractivity (Wildman–Crippen MR) is 245 cm³/mol. The van der Waals surface area contributed by atoms with Crippen molar-refractivity contribution in [2.24, 2.45) is 4.99 Å². The molecule has 1 aliphatic rings. The van der Waals surface area contributed by atoms with Crippen LogP contribution in [0.4, 0.5) is 0 Å². The normalized spacial score (nSPS) is 15.3. The molecule has 0 aromatic rings. The zero-order valence-corrected chi connectivity index (χ0v) is 39.9. The summed E-state index contributed by atoms with van der Waals surface area (Å²) in [5, 5.41) is 3.24. The highest BCUT2D eigenvalue weighted by atomic mass is 32.3. The Morgan fingerprint density at radius 3 is 1.36 bits per heavy atom. The van der Waals surface area contributed by atoms with Gasteiger partial charge in [-0.15, -0.1) is 0 Å². The zero-order valence-electron chi connectivity index (χ0n) is 38.3. The van der Waals surface area contributed by atoms with E-state index in [4.69, 9.17) is 9.55 Å². The van der Waals surface area contributed by atoms with Crippen molar-refractivity contribution >= 4 is 32.5 Å². The summed E-state index contributed by atoms with van der Waals surface area (Å²) >= 11 is 0. The van der Waals surface area contributed by atoms with Gasteiger partial charge in [0.25, 0.3) is 0 Å². The van der Waals surface area contributed by atoms with E-state index in [0.29, 0.717) is 6.42 Å². The molecule has 0 spiro atoms. The molecule has 0 aromatic heterocycles. The maximum atomic E-state index is 12.5. The maximum absolute atomic E-state index is 12.5. The Morgan fingerprint density at radius 1 is 0.661 bits per heavy atom. The van der Waals surface area contributed by atoms with Gasteiger partial charge in [0.15, 0.2) is 5.84 Å². The van der Waals surface area contributed by atoms with Crippen LogP contribution < -0.4 is 11.5 Å². The van der Waals surface area contributed by atoms with Gasteiger partial charge in [-0.1, -0.05) is 141 Å². The number of hydrogen-bond donors (Lipinski definition) is 3. The van der Waals surface area contributed by atoms with Crippen molar-refractivity contribution in [3.05, 3.63) is 24.3 Å². The van der Waals surface area contributed by atoms with Crippen molar-refractivity contribution in [2.75, 3.05) is 46.9 Å². The number of nitrogens with zero attached hydrogens (tertiary/aromatic N) is 2. The molecular formula is C44H90N4O9S2. The van der Waals surface area contributed by atoms with Crippen LogP contribution in [0.3, 0.4) is 0 Å². The van der Waals surface area contributed by atoms with Crippen molar-refractivity contribution in [1.82, 2.24) is 11.5 Å². The van der Waals surface area contributed by atoms with Gasteiger partial charge in [0, 0.05) is 13.3 Å². The van der Waals surface area contributed by atoms with Crippen LogP contribution in [0.25, 0.3) is 0 Å². The molecule has 1 atom stereocenters. The Kier molecular flexibility index (Phi) is 44.8. The molecule has 0 aliphatic carbocycles. The van der Waals surface area contributed by atoms with Gasteiger partial charge in [-0.05, 0) is 70.6 Å². The van der Waals surface area contributed by atoms with Gasteiger partial charge in [0.05, 0.1) is 33.9 Å². The molecule has 15 heteroatoms. The Morgan fingerprint density at radius 2 is 1.02 bits per heavy atom. The molecule has 1 amide bonds.